The number of fused-ring (bicyclic) bond motifs is 1. The van der Waals surface area contributed by atoms with Crippen molar-refractivity contribution >= 4 is 11.6 Å². The molecule has 21 heavy (non-hydrogen) atoms. The van der Waals surface area contributed by atoms with Gasteiger partial charge in [0.05, 0.1) is 5.69 Å². The highest BCUT2D eigenvalue weighted by Crippen LogP contribution is 2.35. The van der Waals surface area contributed by atoms with E-state index in [1.807, 2.05) is 50.2 Å². The van der Waals surface area contributed by atoms with Gasteiger partial charge in [0.2, 0.25) is 5.90 Å². The predicted octanol–water partition coefficient (Wildman–Crippen LogP) is 4.64. The summed E-state index contributed by atoms with van der Waals surface area (Å²) in [4.78, 5) is 4.60. The smallest absolute Gasteiger partial charge is 0.251 e. The molecule has 0 unspecified atom stereocenters. The monoisotopic (exact) mass is 283 g/mol. The quantitative estimate of drug-likeness (QED) is 0.747. The Balaban J connectivity index is 2.19. The molecule has 0 fully saturated rings. The van der Waals surface area contributed by atoms with Gasteiger partial charge in [-0.05, 0) is 37.1 Å². The fraction of sp³-hybridized carbons (Fsp3) is 0.278. The van der Waals surface area contributed by atoms with Crippen LogP contribution in [0.5, 0.6) is 0 Å². The van der Waals surface area contributed by atoms with Gasteiger partial charge >= 0.3 is 0 Å². The standard InChI is InChI=1S/C18H18FNO/c1-12-9-13(2)16-15(10-12)11-18(3,19)21-17(20-16)14-7-5-4-6-8-14/h4-10H,11H2,1-3H3/t18-/m1/s1. The van der Waals surface area contributed by atoms with Gasteiger partial charge in [-0.1, -0.05) is 35.9 Å². The molecule has 0 bridgehead atoms. The van der Waals surface area contributed by atoms with Crippen LogP contribution >= 0.6 is 0 Å². The lowest BCUT2D eigenvalue weighted by Gasteiger charge is -2.21. The Morgan fingerprint density at radius 3 is 2.57 bits per heavy atom. The molecule has 0 saturated carbocycles. The van der Waals surface area contributed by atoms with E-state index in [1.165, 1.54) is 6.92 Å². The van der Waals surface area contributed by atoms with Crippen LogP contribution in [-0.4, -0.2) is 11.8 Å². The second-order valence-electron chi connectivity index (χ2n) is 5.75. The summed E-state index contributed by atoms with van der Waals surface area (Å²) >= 11 is 0. The van der Waals surface area contributed by atoms with Gasteiger partial charge in [-0.2, -0.15) is 4.39 Å². The maximum Gasteiger partial charge on any atom is 0.251 e. The molecule has 0 saturated heterocycles. The summed E-state index contributed by atoms with van der Waals surface area (Å²) in [6.07, 6.45) is 0.199. The summed E-state index contributed by atoms with van der Waals surface area (Å²) in [5.41, 5.74) is 4.65. The van der Waals surface area contributed by atoms with Gasteiger partial charge in [-0.25, -0.2) is 4.99 Å². The van der Waals surface area contributed by atoms with E-state index in [0.717, 1.165) is 27.9 Å². The Kier molecular flexibility index (Phi) is 3.28. The molecule has 0 radical (unpaired) electrons. The molecule has 1 aliphatic rings. The third kappa shape index (κ3) is 2.82. The highest BCUT2D eigenvalue weighted by atomic mass is 19.2. The van der Waals surface area contributed by atoms with Crippen molar-refractivity contribution in [1.29, 1.82) is 0 Å². The molecular weight excluding hydrogens is 265 g/mol. The summed E-state index contributed by atoms with van der Waals surface area (Å²) in [7, 11) is 0. The largest absolute Gasteiger partial charge is 0.440 e. The summed E-state index contributed by atoms with van der Waals surface area (Å²) < 4.78 is 20.3. The van der Waals surface area contributed by atoms with Crippen LogP contribution in [0.4, 0.5) is 10.1 Å². The van der Waals surface area contributed by atoms with Crippen molar-refractivity contribution in [2.75, 3.05) is 0 Å². The average Bonchev–Trinajstić information content (AvgIpc) is 2.55. The number of hydrogen-bond acceptors (Lipinski definition) is 2. The van der Waals surface area contributed by atoms with Crippen molar-refractivity contribution in [3.8, 4) is 0 Å². The fourth-order valence-corrected chi connectivity index (χ4v) is 2.75. The van der Waals surface area contributed by atoms with Gasteiger partial charge in [-0.3, -0.25) is 0 Å². The van der Waals surface area contributed by atoms with E-state index >= 15 is 0 Å². The number of aliphatic imine (C=N–C) groups is 1. The summed E-state index contributed by atoms with van der Waals surface area (Å²) in [6.45, 7) is 5.47. The number of benzene rings is 2. The first kappa shape index (κ1) is 13.8. The van der Waals surface area contributed by atoms with E-state index in [0.29, 0.717) is 5.90 Å². The van der Waals surface area contributed by atoms with Crippen molar-refractivity contribution in [1.82, 2.24) is 0 Å². The molecule has 0 aliphatic carbocycles. The van der Waals surface area contributed by atoms with E-state index in [9.17, 15) is 4.39 Å². The van der Waals surface area contributed by atoms with Crippen LogP contribution in [0.25, 0.3) is 0 Å². The van der Waals surface area contributed by atoms with Crippen molar-refractivity contribution < 1.29 is 9.13 Å². The minimum Gasteiger partial charge on any atom is -0.440 e. The lowest BCUT2D eigenvalue weighted by atomic mass is 9.99. The second-order valence-corrected chi connectivity index (χ2v) is 5.75. The molecule has 1 aliphatic heterocycles. The molecule has 2 aromatic rings. The fourth-order valence-electron chi connectivity index (χ4n) is 2.75. The normalized spacial score (nSPS) is 21.0. The van der Waals surface area contributed by atoms with Gasteiger partial charge in [0.15, 0.2) is 0 Å². The molecule has 3 rings (SSSR count). The zero-order valence-electron chi connectivity index (χ0n) is 12.5. The molecule has 2 nitrogen and oxygen atoms in total. The first-order valence-corrected chi connectivity index (χ1v) is 7.07. The van der Waals surface area contributed by atoms with Crippen LogP contribution in [0.1, 0.15) is 29.2 Å². The van der Waals surface area contributed by atoms with E-state index in [1.54, 1.807) is 0 Å². The van der Waals surface area contributed by atoms with E-state index in [4.69, 9.17) is 4.74 Å². The van der Waals surface area contributed by atoms with Crippen LogP contribution in [0, 0.1) is 13.8 Å². The van der Waals surface area contributed by atoms with E-state index in [2.05, 4.69) is 11.1 Å². The third-order valence-electron chi connectivity index (χ3n) is 3.57. The molecule has 0 amide bonds. The van der Waals surface area contributed by atoms with Crippen LogP contribution in [0.15, 0.2) is 47.5 Å². The molecule has 0 spiro atoms. The number of hydrogen-bond donors (Lipinski definition) is 0. The Morgan fingerprint density at radius 2 is 1.86 bits per heavy atom. The molecule has 108 valence electrons. The van der Waals surface area contributed by atoms with Gasteiger partial charge in [0.25, 0.3) is 5.85 Å². The van der Waals surface area contributed by atoms with Gasteiger partial charge < -0.3 is 4.74 Å². The summed E-state index contributed by atoms with van der Waals surface area (Å²) in [6, 6.07) is 13.5. The highest BCUT2D eigenvalue weighted by molar-refractivity contribution is 5.96. The summed E-state index contributed by atoms with van der Waals surface area (Å²) in [5, 5.41) is 0. The molecular formula is C18H18FNO. The Hall–Kier alpha value is -2.16. The topological polar surface area (TPSA) is 21.6 Å². The van der Waals surface area contributed by atoms with Crippen LogP contribution in [0.3, 0.4) is 0 Å². The Labute approximate surface area is 124 Å². The minimum atomic E-state index is -1.76. The van der Waals surface area contributed by atoms with Crippen LogP contribution < -0.4 is 0 Å². The molecule has 0 aromatic heterocycles. The lowest BCUT2D eigenvalue weighted by molar-refractivity contribution is -0.0528. The number of aryl methyl sites for hydroxylation is 2. The number of nitrogens with zero attached hydrogens (tertiary/aromatic N) is 1. The molecule has 3 heteroatoms. The molecule has 1 heterocycles. The molecule has 2 aromatic carbocycles. The van der Waals surface area contributed by atoms with E-state index < -0.39 is 5.85 Å². The number of ether oxygens (including phenoxy) is 1. The van der Waals surface area contributed by atoms with Crippen LogP contribution in [-0.2, 0) is 11.2 Å². The maximum atomic E-state index is 14.7. The van der Waals surface area contributed by atoms with Crippen molar-refractivity contribution in [3.05, 3.63) is 64.7 Å². The third-order valence-corrected chi connectivity index (χ3v) is 3.57. The van der Waals surface area contributed by atoms with Crippen LogP contribution in [0.2, 0.25) is 0 Å². The Bertz CT molecular complexity index is 705. The van der Waals surface area contributed by atoms with Crippen molar-refractivity contribution in [2.24, 2.45) is 4.99 Å². The second kappa shape index (κ2) is 4.99. The predicted molar refractivity (Wildman–Crippen MR) is 82.9 cm³/mol. The minimum absolute atomic E-state index is 0.199. The van der Waals surface area contributed by atoms with Gasteiger partial charge in [0, 0.05) is 18.9 Å². The zero-order valence-corrected chi connectivity index (χ0v) is 12.5. The SMILES string of the molecule is Cc1cc(C)c2c(c1)C[C@](C)(F)OC(c1ccccc1)=N2. The van der Waals surface area contributed by atoms with Crippen molar-refractivity contribution in [2.45, 2.75) is 33.0 Å². The average molecular weight is 283 g/mol. The molecule has 1 atom stereocenters. The Morgan fingerprint density at radius 1 is 1.14 bits per heavy atom. The van der Waals surface area contributed by atoms with Gasteiger partial charge in [-0.15, -0.1) is 0 Å². The number of rotatable bonds is 1. The zero-order chi connectivity index (χ0) is 15.0. The lowest BCUT2D eigenvalue weighted by Crippen LogP contribution is -2.28. The highest BCUT2D eigenvalue weighted by Gasteiger charge is 2.32. The first-order valence-electron chi connectivity index (χ1n) is 7.07. The van der Waals surface area contributed by atoms with Gasteiger partial charge in [0.1, 0.15) is 0 Å². The number of halogens is 1. The first-order chi connectivity index (χ1) is 9.94. The molecule has 0 N–H and O–H groups in total. The summed E-state index contributed by atoms with van der Waals surface area (Å²) in [5.74, 6) is -1.42. The van der Waals surface area contributed by atoms with Crippen molar-refractivity contribution in [3.63, 3.8) is 0 Å². The van der Waals surface area contributed by atoms with E-state index in [-0.39, 0.29) is 6.42 Å². The maximum absolute atomic E-state index is 14.7. The number of alkyl halides is 1.